The zero-order valence-corrected chi connectivity index (χ0v) is 10.9. The van der Waals surface area contributed by atoms with Gasteiger partial charge < -0.3 is 14.7 Å². The van der Waals surface area contributed by atoms with Crippen LogP contribution in [0.25, 0.3) is 0 Å². The Hall–Kier alpha value is -1.10. The average Bonchev–Trinajstić information content (AvgIpc) is 2.75. The number of ether oxygens (including phenoxy) is 1. The first-order valence-corrected chi connectivity index (χ1v) is 6.64. The fraction of sp³-hybridized carbons (Fsp3) is 0.846. The van der Waals surface area contributed by atoms with Gasteiger partial charge in [0, 0.05) is 19.7 Å². The van der Waals surface area contributed by atoms with Gasteiger partial charge in [0.2, 0.25) is 5.91 Å². The van der Waals surface area contributed by atoms with Crippen LogP contribution in [0.15, 0.2) is 0 Å². The van der Waals surface area contributed by atoms with Crippen molar-refractivity contribution in [2.24, 2.45) is 5.41 Å². The lowest BCUT2D eigenvalue weighted by atomic mass is 9.90. The molecule has 5 heteroatoms. The molecule has 0 aromatic carbocycles. The number of likely N-dealkylation sites (tertiary alicyclic amines) is 1. The average molecular weight is 255 g/mol. The third-order valence-electron chi connectivity index (χ3n) is 4.02. The molecule has 0 aromatic rings. The molecule has 5 nitrogen and oxygen atoms in total. The summed E-state index contributed by atoms with van der Waals surface area (Å²) < 4.78 is 5.54. The molecule has 1 amide bonds. The van der Waals surface area contributed by atoms with Gasteiger partial charge in [-0.25, -0.2) is 0 Å². The van der Waals surface area contributed by atoms with Crippen molar-refractivity contribution in [3.05, 3.63) is 0 Å². The van der Waals surface area contributed by atoms with Gasteiger partial charge in [0.25, 0.3) is 0 Å². The second kappa shape index (κ2) is 5.26. The first kappa shape index (κ1) is 13.3. The number of hydrogen-bond acceptors (Lipinski definition) is 3. The molecule has 2 saturated heterocycles. The highest BCUT2D eigenvalue weighted by molar-refractivity contribution is 5.80. The van der Waals surface area contributed by atoms with Crippen molar-refractivity contribution in [1.82, 2.24) is 4.90 Å². The SMILES string of the molecule is C[C@]1(C(=O)O)CCN(C(=O)C[C@H]2CCCCO2)C1. The molecule has 0 spiro atoms. The maximum Gasteiger partial charge on any atom is 0.311 e. The molecular weight excluding hydrogens is 234 g/mol. The van der Waals surface area contributed by atoms with Gasteiger partial charge in [-0.05, 0) is 32.6 Å². The van der Waals surface area contributed by atoms with Crippen LogP contribution in [0.3, 0.4) is 0 Å². The number of carbonyl (C=O) groups is 2. The topological polar surface area (TPSA) is 66.8 Å². The monoisotopic (exact) mass is 255 g/mol. The number of amides is 1. The van der Waals surface area contributed by atoms with Crippen LogP contribution in [-0.2, 0) is 14.3 Å². The molecule has 0 aliphatic carbocycles. The lowest BCUT2D eigenvalue weighted by molar-refractivity contribution is -0.147. The van der Waals surface area contributed by atoms with E-state index in [0.717, 1.165) is 25.9 Å². The Bertz CT molecular complexity index is 338. The summed E-state index contributed by atoms with van der Waals surface area (Å²) in [5.41, 5.74) is -0.775. The van der Waals surface area contributed by atoms with E-state index in [1.54, 1.807) is 11.8 Å². The molecule has 18 heavy (non-hydrogen) atoms. The molecule has 2 rings (SSSR count). The van der Waals surface area contributed by atoms with Gasteiger partial charge in [0.05, 0.1) is 17.9 Å². The van der Waals surface area contributed by atoms with Crippen molar-refractivity contribution in [1.29, 1.82) is 0 Å². The number of hydrogen-bond donors (Lipinski definition) is 1. The summed E-state index contributed by atoms with van der Waals surface area (Å²) in [6, 6.07) is 0. The van der Waals surface area contributed by atoms with Gasteiger partial charge in [-0.1, -0.05) is 0 Å². The quantitative estimate of drug-likeness (QED) is 0.824. The second-order valence-electron chi connectivity index (χ2n) is 5.62. The third kappa shape index (κ3) is 2.83. The zero-order chi connectivity index (χ0) is 13.2. The first-order chi connectivity index (χ1) is 8.51. The molecule has 2 atom stereocenters. The normalized spacial score (nSPS) is 32.5. The Kier molecular flexibility index (Phi) is 3.90. The Morgan fingerprint density at radius 1 is 1.44 bits per heavy atom. The van der Waals surface area contributed by atoms with Gasteiger partial charge in [-0.15, -0.1) is 0 Å². The van der Waals surface area contributed by atoms with E-state index in [-0.39, 0.29) is 12.0 Å². The van der Waals surface area contributed by atoms with Crippen molar-refractivity contribution >= 4 is 11.9 Å². The van der Waals surface area contributed by atoms with Crippen LogP contribution in [0.4, 0.5) is 0 Å². The van der Waals surface area contributed by atoms with Crippen molar-refractivity contribution in [2.45, 2.75) is 45.1 Å². The standard InChI is InChI=1S/C13H21NO4/c1-13(12(16)17)5-6-14(9-13)11(15)8-10-4-2-3-7-18-10/h10H,2-9H2,1H3,(H,16,17)/t10-,13+/m1/s1. The van der Waals surface area contributed by atoms with E-state index in [1.165, 1.54) is 0 Å². The summed E-state index contributed by atoms with van der Waals surface area (Å²) >= 11 is 0. The molecule has 0 unspecified atom stereocenters. The molecular formula is C13H21NO4. The van der Waals surface area contributed by atoms with Gasteiger partial charge >= 0.3 is 5.97 Å². The van der Waals surface area contributed by atoms with E-state index in [4.69, 9.17) is 9.84 Å². The van der Waals surface area contributed by atoms with E-state index in [0.29, 0.717) is 25.9 Å². The molecule has 2 heterocycles. The van der Waals surface area contributed by atoms with E-state index >= 15 is 0 Å². The van der Waals surface area contributed by atoms with Crippen LogP contribution in [0.2, 0.25) is 0 Å². The maximum absolute atomic E-state index is 12.1. The van der Waals surface area contributed by atoms with Gasteiger partial charge in [0.1, 0.15) is 0 Å². The van der Waals surface area contributed by atoms with Gasteiger partial charge in [0.15, 0.2) is 0 Å². The Morgan fingerprint density at radius 2 is 2.22 bits per heavy atom. The Morgan fingerprint density at radius 3 is 2.78 bits per heavy atom. The van der Waals surface area contributed by atoms with E-state index in [2.05, 4.69) is 0 Å². The summed E-state index contributed by atoms with van der Waals surface area (Å²) in [4.78, 5) is 24.9. The van der Waals surface area contributed by atoms with Crippen LogP contribution in [0.5, 0.6) is 0 Å². The van der Waals surface area contributed by atoms with Gasteiger partial charge in [-0.2, -0.15) is 0 Å². The minimum atomic E-state index is -0.813. The summed E-state index contributed by atoms with van der Waals surface area (Å²) in [5.74, 6) is -0.779. The molecule has 2 aliphatic rings. The number of nitrogens with zero attached hydrogens (tertiary/aromatic N) is 1. The second-order valence-corrected chi connectivity index (χ2v) is 5.62. The smallest absolute Gasteiger partial charge is 0.311 e. The Balaban J connectivity index is 1.85. The molecule has 1 N–H and O–H groups in total. The van der Waals surface area contributed by atoms with Crippen molar-refractivity contribution < 1.29 is 19.4 Å². The van der Waals surface area contributed by atoms with Crippen molar-refractivity contribution in [3.8, 4) is 0 Å². The van der Waals surface area contributed by atoms with E-state index < -0.39 is 11.4 Å². The van der Waals surface area contributed by atoms with E-state index in [1.807, 2.05) is 0 Å². The fourth-order valence-electron chi connectivity index (χ4n) is 2.64. The first-order valence-electron chi connectivity index (χ1n) is 6.64. The van der Waals surface area contributed by atoms with Crippen molar-refractivity contribution in [2.75, 3.05) is 19.7 Å². The highest BCUT2D eigenvalue weighted by Crippen LogP contribution is 2.31. The number of aliphatic carboxylic acids is 1. The predicted molar refractivity (Wildman–Crippen MR) is 65.1 cm³/mol. The third-order valence-corrected chi connectivity index (χ3v) is 4.02. The van der Waals surface area contributed by atoms with Gasteiger partial charge in [-0.3, -0.25) is 9.59 Å². The summed E-state index contributed by atoms with van der Waals surface area (Å²) in [7, 11) is 0. The van der Waals surface area contributed by atoms with Crippen LogP contribution in [0.1, 0.15) is 39.0 Å². The largest absolute Gasteiger partial charge is 0.481 e. The van der Waals surface area contributed by atoms with Crippen LogP contribution < -0.4 is 0 Å². The number of carbonyl (C=O) groups excluding carboxylic acids is 1. The highest BCUT2D eigenvalue weighted by atomic mass is 16.5. The van der Waals surface area contributed by atoms with Crippen LogP contribution in [-0.4, -0.2) is 47.7 Å². The number of carboxylic acids is 1. The lowest BCUT2D eigenvalue weighted by Crippen LogP contribution is -2.37. The van der Waals surface area contributed by atoms with Crippen LogP contribution >= 0.6 is 0 Å². The summed E-state index contributed by atoms with van der Waals surface area (Å²) in [6.45, 7) is 3.33. The lowest BCUT2D eigenvalue weighted by Gasteiger charge is -2.25. The molecule has 2 aliphatic heterocycles. The molecule has 0 bridgehead atoms. The summed E-state index contributed by atoms with van der Waals surface area (Å²) in [5, 5.41) is 9.13. The van der Waals surface area contributed by atoms with Crippen molar-refractivity contribution in [3.63, 3.8) is 0 Å². The van der Waals surface area contributed by atoms with Crippen LogP contribution in [0, 0.1) is 5.41 Å². The molecule has 102 valence electrons. The summed E-state index contributed by atoms with van der Waals surface area (Å²) in [6.07, 6.45) is 4.10. The zero-order valence-electron chi connectivity index (χ0n) is 10.9. The number of rotatable bonds is 3. The minimum absolute atomic E-state index is 0.0305. The minimum Gasteiger partial charge on any atom is -0.481 e. The Labute approximate surface area is 107 Å². The molecule has 0 radical (unpaired) electrons. The fourth-order valence-corrected chi connectivity index (χ4v) is 2.64. The molecule has 2 fully saturated rings. The van der Waals surface area contributed by atoms with E-state index in [9.17, 15) is 9.59 Å². The maximum atomic E-state index is 12.1. The number of carboxylic acid groups (broad SMARTS) is 1. The molecule has 0 aromatic heterocycles. The predicted octanol–water partition coefficient (Wildman–Crippen LogP) is 1.27. The highest BCUT2D eigenvalue weighted by Gasteiger charge is 2.42. The molecule has 0 saturated carbocycles.